The van der Waals surface area contributed by atoms with Crippen LogP contribution in [-0.4, -0.2) is 41.6 Å². The molecule has 0 aliphatic carbocycles. The summed E-state index contributed by atoms with van der Waals surface area (Å²) in [6, 6.07) is 8.82. The predicted molar refractivity (Wildman–Crippen MR) is 89.6 cm³/mol. The quantitative estimate of drug-likeness (QED) is 0.923. The van der Waals surface area contributed by atoms with Gasteiger partial charge in [0.25, 0.3) is 5.91 Å². The maximum Gasteiger partial charge on any atom is 0.254 e. The summed E-state index contributed by atoms with van der Waals surface area (Å²) in [5.41, 5.74) is 1.44. The summed E-state index contributed by atoms with van der Waals surface area (Å²) in [7, 11) is 0. The van der Waals surface area contributed by atoms with Gasteiger partial charge >= 0.3 is 0 Å². The third-order valence-corrected chi connectivity index (χ3v) is 4.41. The summed E-state index contributed by atoms with van der Waals surface area (Å²) in [6.45, 7) is 2.85. The Morgan fingerprint density at radius 2 is 2.00 bits per heavy atom. The van der Waals surface area contributed by atoms with Gasteiger partial charge in [0, 0.05) is 24.8 Å². The molecule has 1 saturated heterocycles. The van der Waals surface area contributed by atoms with Crippen LogP contribution in [0.5, 0.6) is 11.5 Å². The lowest BCUT2D eigenvalue weighted by molar-refractivity contribution is -0.123. The van der Waals surface area contributed by atoms with E-state index in [2.05, 4.69) is 10.3 Å². The van der Waals surface area contributed by atoms with Crippen molar-refractivity contribution in [3.63, 3.8) is 0 Å². The molecular weight excluding hydrogens is 322 g/mol. The molecule has 2 amide bonds. The van der Waals surface area contributed by atoms with Crippen molar-refractivity contribution < 1.29 is 19.1 Å². The van der Waals surface area contributed by atoms with Crippen LogP contribution < -0.4 is 14.8 Å². The van der Waals surface area contributed by atoms with Crippen molar-refractivity contribution in [2.45, 2.75) is 6.92 Å². The molecule has 0 bridgehead atoms. The second-order valence-electron chi connectivity index (χ2n) is 6.13. The van der Waals surface area contributed by atoms with Crippen molar-refractivity contribution in [1.82, 2.24) is 9.88 Å². The number of ether oxygens (including phenoxy) is 2. The molecule has 2 aliphatic rings. The van der Waals surface area contributed by atoms with Crippen molar-refractivity contribution in [2.24, 2.45) is 5.92 Å². The molecule has 2 aliphatic heterocycles. The molecule has 0 saturated carbocycles. The van der Waals surface area contributed by atoms with Crippen molar-refractivity contribution in [1.29, 1.82) is 0 Å². The molecule has 0 unspecified atom stereocenters. The van der Waals surface area contributed by atoms with Gasteiger partial charge in [-0.15, -0.1) is 0 Å². The number of fused-ring (bicyclic) bond motifs is 1. The first-order valence-electron chi connectivity index (χ1n) is 8.03. The van der Waals surface area contributed by atoms with Crippen molar-refractivity contribution >= 4 is 17.6 Å². The number of carbonyl (C=O) groups is 2. The van der Waals surface area contributed by atoms with Gasteiger partial charge in [0.2, 0.25) is 12.7 Å². The van der Waals surface area contributed by atoms with Gasteiger partial charge in [-0.25, -0.2) is 4.98 Å². The largest absolute Gasteiger partial charge is 0.454 e. The zero-order valence-electron chi connectivity index (χ0n) is 13.7. The van der Waals surface area contributed by atoms with E-state index in [1.54, 1.807) is 29.3 Å². The number of hydrogen-bond acceptors (Lipinski definition) is 5. The number of anilines is 1. The molecule has 0 radical (unpaired) electrons. The number of amides is 2. The molecule has 1 fully saturated rings. The highest BCUT2D eigenvalue weighted by Crippen LogP contribution is 2.33. The Morgan fingerprint density at radius 1 is 1.20 bits per heavy atom. The molecule has 128 valence electrons. The fraction of sp³-hybridized carbons (Fsp3) is 0.278. The number of aromatic nitrogens is 1. The van der Waals surface area contributed by atoms with E-state index in [9.17, 15) is 9.59 Å². The van der Waals surface area contributed by atoms with Crippen molar-refractivity contribution in [2.75, 3.05) is 25.2 Å². The van der Waals surface area contributed by atoms with Gasteiger partial charge in [0.15, 0.2) is 11.5 Å². The number of nitrogens with zero attached hydrogens (tertiary/aromatic N) is 2. The smallest absolute Gasteiger partial charge is 0.254 e. The maximum atomic E-state index is 12.5. The van der Waals surface area contributed by atoms with E-state index in [0.717, 1.165) is 5.56 Å². The summed E-state index contributed by atoms with van der Waals surface area (Å²) in [5.74, 6) is 1.33. The van der Waals surface area contributed by atoms with Gasteiger partial charge in [0.1, 0.15) is 5.82 Å². The maximum absolute atomic E-state index is 12.5. The van der Waals surface area contributed by atoms with Gasteiger partial charge < -0.3 is 19.7 Å². The summed E-state index contributed by atoms with van der Waals surface area (Å²) >= 11 is 0. The molecule has 4 rings (SSSR count). The first kappa shape index (κ1) is 15.4. The van der Waals surface area contributed by atoms with Crippen molar-refractivity contribution in [3.8, 4) is 11.5 Å². The van der Waals surface area contributed by atoms with Crippen LogP contribution >= 0.6 is 0 Å². The molecule has 1 aromatic carbocycles. The van der Waals surface area contributed by atoms with E-state index < -0.39 is 0 Å². The highest BCUT2D eigenvalue weighted by molar-refractivity contribution is 5.98. The van der Waals surface area contributed by atoms with Crippen LogP contribution in [0.2, 0.25) is 0 Å². The fourth-order valence-electron chi connectivity index (χ4n) is 2.86. The Balaban J connectivity index is 1.36. The average molecular weight is 339 g/mol. The molecule has 0 spiro atoms. The van der Waals surface area contributed by atoms with Crippen LogP contribution in [0.1, 0.15) is 15.9 Å². The molecule has 3 heterocycles. The van der Waals surface area contributed by atoms with Crippen LogP contribution in [-0.2, 0) is 4.79 Å². The SMILES string of the molecule is Cc1cccnc1NC(=O)C1CN(C(=O)c2ccc3c(c2)OCO3)C1. The van der Waals surface area contributed by atoms with Crippen LogP contribution in [0.25, 0.3) is 0 Å². The minimum absolute atomic E-state index is 0.114. The monoisotopic (exact) mass is 339 g/mol. The number of aryl methyl sites for hydroxylation is 1. The Hall–Kier alpha value is -3.09. The van der Waals surface area contributed by atoms with Crippen LogP contribution in [0.15, 0.2) is 36.5 Å². The van der Waals surface area contributed by atoms with Gasteiger partial charge in [0.05, 0.1) is 5.92 Å². The number of rotatable bonds is 3. The summed E-state index contributed by atoms with van der Waals surface area (Å²) in [6.07, 6.45) is 1.64. The third-order valence-electron chi connectivity index (χ3n) is 4.41. The standard InChI is InChI=1S/C18H17N3O4/c1-11-3-2-6-19-16(11)20-17(22)13-8-21(9-13)18(23)12-4-5-14-15(7-12)25-10-24-14/h2-7,13H,8-10H2,1H3,(H,19,20,22). The third kappa shape index (κ3) is 2.88. The lowest BCUT2D eigenvalue weighted by atomic mass is 9.97. The normalized spacial score (nSPS) is 15.6. The predicted octanol–water partition coefficient (Wildman–Crippen LogP) is 1.83. The van der Waals surface area contributed by atoms with E-state index >= 15 is 0 Å². The van der Waals surface area contributed by atoms with Crippen LogP contribution in [0, 0.1) is 12.8 Å². The summed E-state index contributed by atoms with van der Waals surface area (Å²) < 4.78 is 10.5. The highest BCUT2D eigenvalue weighted by atomic mass is 16.7. The second-order valence-corrected chi connectivity index (χ2v) is 6.13. The minimum atomic E-state index is -0.223. The van der Waals surface area contributed by atoms with E-state index in [1.807, 2.05) is 19.1 Å². The Bertz CT molecular complexity index is 846. The molecule has 7 nitrogen and oxygen atoms in total. The average Bonchev–Trinajstić information content (AvgIpc) is 3.03. The van der Waals surface area contributed by atoms with Gasteiger partial charge in [-0.05, 0) is 36.8 Å². The number of carbonyl (C=O) groups excluding carboxylic acids is 2. The van der Waals surface area contributed by atoms with E-state index in [1.165, 1.54) is 0 Å². The Labute approximate surface area is 144 Å². The fourth-order valence-corrected chi connectivity index (χ4v) is 2.86. The number of hydrogen-bond donors (Lipinski definition) is 1. The zero-order valence-corrected chi connectivity index (χ0v) is 13.7. The topological polar surface area (TPSA) is 80.8 Å². The Kier molecular flexibility index (Phi) is 3.76. The van der Waals surface area contributed by atoms with Crippen molar-refractivity contribution in [3.05, 3.63) is 47.7 Å². The van der Waals surface area contributed by atoms with Crippen LogP contribution in [0.3, 0.4) is 0 Å². The molecule has 25 heavy (non-hydrogen) atoms. The zero-order chi connectivity index (χ0) is 17.4. The lowest BCUT2D eigenvalue weighted by Crippen LogP contribution is -2.54. The molecule has 7 heteroatoms. The molecular formula is C18H17N3O4. The first-order valence-corrected chi connectivity index (χ1v) is 8.03. The van der Waals surface area contributed by atoms with Gasteiger partial charge in [-0.3, -0.25) is 9.59 Å². The molecule has 0 atom stereocenters. The second kappa shape index (κ2) is 6.08. The van der Waals surface area contributed by atoms with Gasteiger partial charge in [-0.2, -0.15) is 0 Å². The van der Waals surface area contributed by atoms with Crippen LogP contribution in [0.4, 0.5) is 5.82 Å². The Morgan fingerprint density at radius 3 is 2.80 bits per heavy atom. The van der Waals surface area contributed by atoms with E-state index in [4.69, 9.17) is 9.47 Å². The molecule has 1 N–H and O–H groups in total. The number of likely N-dealkylation sites (tertiary alicyclic amines) is 1. The first-order chi connectivity index (χ1) is 12.1. The number of benzene rings is 1. The van der Waals surface area contributed by atoms with E-state index in [-0.39, 0.29) is 24.5 Å². The number of nitrogens with one attached hydrogen (secondary N) is 1. The molecule has 2 aromatic rings. The van der Waals surface area contributed by atoms with Gasteiger partial charge in [-0.1, -0.05) is 6.07 Å². The summed E-state index contributed by atoms with van der Waals surface area (Å²) in [4.78, 5) is 30.6. The molecule has 1 aromatic heterocycles. The number of pyridine rings is 1. The highest BCUT2D eigenvalue weighted by Gasteiger charge is 2.36. The van der Waals surface area contributed by atoms with E-state index in [0.29, 0.717) is 36.0 Å². The minimum Gasteiger partial charge on any atom is -0.454 e. The lowest BCUT2D eigenvalue weighted by Gasteiger charge is -2.38. The summed E-state index contributed by atoms with van der Waals surface area (Å²) in [5, 5.41) is 2.82.